The molecule has 6 aliphatic rings. The first-order chi connectivity index (χ1) is 23.5. The second-order valence-corrected chi connectivity index (χ2v) is 15.0. The fraction of sp³-hybridized carbons (Fsp3) is 0.588. The first-order valence-corrected chi connectivity index (χ1v) is 17.4. The molecule has 2 amide bonds. The van der Waals surface area contributed by atoms with E-state index in [4.69, 9.17) is 5.10 Å². The standard InChI is InChI=1S/C34H41N11O4/c1-5-21-28(42-10-11-43(23-9-8-22(23)42)32(49)27-29(47)19(3)35-17-36-27)30(48)26-31(40-45(39-26)24-12-18(2)41(4)38-24)44(21)13-25(46)37-34-14-33(15-34,16-34)20-6-7-20/h12,17,20,22-23,47H,5-11,13-16H2,1-4H3,(H,37,46)/t22-,23-,33?,34?/m0/s1. The van der Waals surface area contributed by atoms with Crippen molar-refractivity contribution in [3.63, 3.8) is 0 Å². The Bertz CT molecular complexity index is 2090. The smallest absolute Gasteiger partial charge is 0.276 e. The van der Waals surface area contributed by atoms with E-state index in [1.165, 1.54) is 24.0 Å². The Morgan fingerprint density at radius 3 is 2.43 bits per heavy atom. The molecule has 4 aromatic rings. The van der Waals surface area contributed by atoms with Gasteiger partial charge in [-0.25, -0.2) is 9.97 Å². The number of amides is 2. The number of pyridine rings is 1. The number of nitrogens with one attached hydrogen (secondary N) is 1. The molecule has 1 saturated heterocycles. The third-order valence-electron chi connectivity index (χ3n) is 12.1. The number of aromatic nitrogens is 8. The van der Waals surface area contributed by atoms with Crippen LogP contribution in [0.3, 0.4) is 0 Å². The molecule has 10 rings (SSSR count). The molecule has 2 atom stereocenters. The fourth-order valence-corrected chi connectivity index (χ4v) is 9.33. The molecule has 4 aromatic heterocycles. The van der Waals surface area contributed by atoms with Crippen LogP contribution in [0, 0.1) is 25.2 Å². The quantitative estimate of drug-likeness (QED) is 0.283. The highest BCUT2D eigenvalue weighted by Gasteiger charge is 2.72. The number of rotatable bonds is 8. The third kappa shape index (κ3) is 4.39. The van der Waals surface area contributed by atoms with E-state index in [0.29, 0.717) is 47.8 Å². The highest BCUT2D eigenvalue weighted by molar-refractivity contribution is 5.95. The monoisotopic (exact) mass is 667 g/mol. The number of carbonyl (C=O) groups is 2. The van der Waals surface area contributed by atoms with Gasteiger partial charge in [0.15, 0.2) is 28.4 Å². The fourth-order valence-electron chi connectivity index (χ4n) is 9.33. The number of aromatic hydroxyl groups is 1. The van der Waals surface area contributed by atoms with Gasteiger partial charge in [-0.3, -0.25) is 19.1 Å². The molecule has 2 bridgehead atoms. The van der Waals surface area contributed by atoms with Crippen LogP contribution < -0.4 is 15.6 Å². The van der Waals surface area contributed by atoms with Gasteiger partial charge in [-0.15, -0.1) is 15.0 Å². The zero-order valence-electron chi connectivity index (χ0n) is 28.3. The summed E-state index contributed by atoms with van der Waals surface area (Å²) in [5, 5.41) is 27.9. The molecule has 5 aliphatic carbocycles. The van der Waals surface area contributed by atoms with Crippen molar-refractivity contribution < 1.29 is 14.7 Å². The van der Waals surface area contributed by atoms with E-state index < -0.39 is 0 Å². The summed E-state index contributed by atoms with van der Waals surface area (Å²) < 4.78 is 3.60. The number of nitrogens with zero attached hydrogens (tertiary/aromatic N) is 10. The van der Waals surface area contributed by atoms with E-state index in [1.807, 2.05) is 31.5 Å². The molecule has 0 radical (unpaired) electrons. The number of carbonyl (C=O) groups excluding carboxylic acids is 2. The summed E-state index contributed by atoms with van der Waals surface area (Å²) >= 11 is 0. The molecule has 6 fully saturated rings. The van der Waals surface area contributed by atoms with Crippen LogP contribution in [0.15, 0.2) is 17.2 Å². The van der Waals surface area contributed by atoms with Crippen molar-refractivity contribution in [2.45, 2.75) is 96.3 Å². The normalized spacial score (nSPS) is 26.9. The summed E-state index contributed by atoms with van der Waals surface area (Å²) in [6, 6.07) is 1.57. The summed E-state index contributed by atoms with van der Waals surface area (Å²) in [6.07, 6.45) is 9.16. The number of hydrogen-bond donors (Lipinski definition) is 2. The summed E-state index contributed by atoms with van der Waals surface area (Å²) in [4.78, 5) is 55.3. The average Bonchev–Trinajstić information content (AvgIpc) is 3.67. The van der Waals surface area contributed by atoms with Crippen LogP contribution in [0.5, 0.6) is 5.75 Å². The molecule has 256 valence electrons. The maximum absolute atomic E-state index is 14.5. The lowest BCUT2D eigenvalue weighted by atomic mass is 9.37. The predicted molar refractivity (Wildman–Crippen MR) is 178 cm³/mol. The molecular formula is C34H41N11O4. The van der Waals surface area contributed by atoms with Crippen LogP contribution in [-0.2, 0) is 24.8 Å². The Morgan fingerprint density at radius 2 is 1.78 bits per heavy atom. The SMILES string of the molecule is CCc1c(N2CCN(C(=O)c3ncnc(C)c3O)[C@H]3CC[C@@H]32)c(=O)c2nn(-c3cc(C)n(C)n3)nc2n1CC(=O)NC12CC(C3CC3)(C1)C2. The van der Waals surface area contributed by atoms with Crippen LogP contribution in [0.4, 0.5) is 5.69 Å². The second kappa shape index (κ2) is 10.3. The minimum Gasteiger partial charge on any atom is -0.504 e. The topological polar surface area (TPSA) is 169 Å². The second-order valence-electron chi connectivity index (χ2n) is 15.0. The lowest BCUT2D eigenvalue weighted by Crippen LogP contribution is -2.75. The summed E-state index contributed by atoms with van der Waals surface area (Å²) in [7, 11) is 1.84. The minimum atomic E-state index is -0.344. The van der Waals surface area contributed by atoms with Gasteiger partial charge in [0.1, 0.15) is 18.6 Å². The summed E-state index contributed by atoms with van der Waals surface area (Å²) in [5.41, 5.74) is 3.11. The van der Waals surface area contributed by atoms with Gasteiger partial charge < -0.3 is 24.8 Å². The number of aryl methyl sites for hydroxylation is 3. The molecule has 0 unspecified atom stereocenters. The van der Waals surface area contributed by atoms with Crippen LogP contribution in [-0.4, -0.2) is 91.8 Å². The number of piperazine rings is 1. The number of hydrogen-bond acceptors (Lipinski definition) is 10. The lowest BCUT2D eigenvalue weighted by Gasteiger charge is -2.71. The van der Waals surface area contributed by atoms with Gasteiger partial charge in [0.25, 0.3) is 5.91 Å². The van der Waals surface area contributed by atoms with Crippen molar-refractivity contribution in [1.82, 2.24) is 49.5 Å². The van der Waals surface area contributed by atoms with Gasteiger partial charge >= 0.3 is 0 Å². The van der Waals surface area contributed by atoms with Crippen molar-refractivity contribution in [2.24, 2.45) is 18.4 Å². The first kappa shape index (κ1) is 30.3. The van der Waals surface area contributed by atoms with Gasteiger partial charge in [0, 0.05) is 49.2 Å². The van der Waals surface area contributed by atoms with E-state index in [0.717, 1.165) is 49.4 Å². The Hall–Kier alpha value is -4.82. The van der Waals surface area contributed by atoms with Crippen LogP contribution in [0.1, 0.15) is 79.4 Å². The van der Waals surface area contributed by atoms with Crippen molar-refractivity contribution in [3.05, 3.63) is 45.4 Å². The van der Waals surface area contributed by atoms with Crippen LogP contribution in [0.25, 0.3) is 17.0 Å². The largest absolute Gasteiger partial charge is 0.504 e. The van der Waals surface area contributed by atoms with E-state index in [1.54, 1.807) is 16.5 Å². The molecule has 1 aliphatic heterocycles. The predicted octanol–water partition coefficient (Wildman–Crippen LogP) is 1.93. The molecule has 5 heterocycles. The Balaban J connectivity index is 1.08. The van der Waals surface area contributed by atoms with Crippen molar-refractivity contribution in [1.29, 1.82) is 0 Å². The van der Waals surface area contributed by atoms with Gasteiger partial charge in [-0.2, -0.15) is 5.10 Å². The van der Waals surface area contributed by atoms with E-state index in [-0.39, 0.29) is 58.4 Å². The molecule has 2 N–H and O–H groups in total. The summed E-state index contributed by atoms with van der Waals surface area (Å²) in [6.45, 7) is 6.32. The first-order valence-electron chi connectivity index (χ1n) is 17.4. The molecular weight excluding hydrogens is 626 g/mol. The molecule has 49 heavy (non-hydrogen) atoms. The highest BCUT2D eigenvalue weighted by Crippen LogP contribution is 2.75. The van der Waals surface area contributed by atoms with Crippen LogP contribution in [0.2, 0.25) is 0 Å². The Labute approximate surface area is 282 Å². The number of fused-ring (bicyclic) bond motifs is 2. The molecule has 15 nitrogen and oxygen atoms in total. The van der Waals surface area contributed by atoms with Gasteiger partial charge in [-0.05, 0) is 76.5 Å². The van der Waals surface area contributed by atoms with E-state index in [9.17, 15) is 19.5 Å². The Kier molecular flexibility index (Phi) is 6.39. The Morgan fingerprint density at radius 1 is 1.02 bits per heavy atom. The molecule has 5 saturated carbocycles. The zero-order valence-corrected chi connectivity index (χ0v) is 28.3. The molecule has 15 heteroatoms. The highest BCUT2D eigenvalue weighted by atomic mass is 16.3. The maximum Gasteiger partial charge on any atom is 0.276 e. The van der Waals surface area contributed by atoms with Gasteiger partial charge in [0.2, 0.25) is 11.3 Å². The zero-order chi connectivity index (χ0) is 34.0. The average molecular weight is 668 g/mol. The van der Waals surface area contributed by atoms with Crippen molar-refractivity contribution >= 4 is 28.7 Å². The maximum atomic E-state index is 14.5. The third-order valence-corrected chi connectivity index (χ3v) is 12.1. The minimum absolute atomic E-state index is 0.0104. The molecule has 0 aromatic carbocycles. The number of anilines is 1. The van der Waals surface area contributed by atoms with Crippen molar-refractivity contribution in [2.75, 3.05) is 18.0 Å². The summed E-state index contributed by atoms with van der Waals surface area (Å²) in [5.74, 6) is 0.683. The lowest BCUT2D eigenvalue weighted by molar-refractivity contribution is -0.176. The molecule has 0 spiro atoms. The van der Waals surface area contributed by atoms with Gasteiger partial charge in [0.05, 0.1) is 11.7 Å². The van der Waals surface area contributed by atoms with Crippen molar-refractivity contribution in [3.8, 4) is 11.6 Å². The van der Waals surface area contributed by atoms with Gasteiger partial charge in [-0.1, -0.05) is 6.92 Å². The van der Waals surface area contributed by atoms with E-state index >= 15 is 0 Å². The van der Waals surface area contributed by atoms with E-state index in [2.05, 4.69) is 30.4 Å². The van der Waals surface area contributed by atoms with Crippen LogP contribution >= 0.6 is 0 Å².